The zero-order valence-electron chi connectivity index (χ0n) is 12.1. The minimum atomic E-state index is -0.565. The second kappa shape index (κ2) is 7.22. The molecule has 0 aromatic heterocycles. The van der Waals surface area contributed by atoms with Gasteiger partial charge in [0.15, 0.2) is 0 Å². The zero-order valence-corrected chi connectivity index (χ0v) is 14.3. The number of morpholine rings is 1. The van der Waals surface area contributed by atoms with Gasteiger partial charge in [0, 0.05) is 16.2 Å². The van der Waals surface area contributed by atoms with Crippen LogP contribution < -0.4 is 5.32 Å². The summed E-state index contributed by atoms with van der Waals surface area (Å²) in [5.74, 6) is -0.281. The summed E-state index contributed by atoms with van der Waals surface area (Å²) in [6.45, 7) is 4.93. The van der Waals surface area contributed by atoms with E-state index in [1.165, 1.54) is 0 Å². The predicted octanol–water partition coefficient (Wildman–Crippen LogP) is 1.66. The number of halogens is 1. The molecule has 5 nitrogen and oxygen atoms in total. The van der Waals surface area contributed by atoms with Crippen LogP contribution in [0.5, 0.6) is 0 Å². The number of hydrogen-bond acceptors (Lipinski definition) is 3. The second-order valence-electron chi connectivity index (χ2n) is 5.23. The lowest BCUT2D eigenvalue weighted by Crippen LogP contribution is -2.56. The van der Waals surface area contributed by atoms with Gasteiger partial charge in [-0.1, -0.05) is 12.1 Å². The van der Waals surface area contributed by atoms with Crippen LogP contribution in [0.1, 0.15) is 24.2 Å². The molecule has 0 bridgehead atoms. The molecule has 2 amide bonds. The third-order valence-corrected chi connectivity index (χ3v) is 4.17. The van der Waals surface area contributed by atoms with Crippen molar-refractivity contribution in [2.75, 3.05) is 19.8 Å². The van der Waals surface area contributed by atoms with E-state index in [-0.39, 0.29) is 24.5 Å². The molecule has 0 radical (unpaired) electrons. The van der Waals surface area contributed by atoms with Crippen molar-refractivity contribution in [3.8, 4) is 0 Å². The molecule has 1 fully saturated rings. The highest BCUT2D eigenvalue weighted by Crippen LogP contribution is 2.17. The number of benzene rings is 1. The van der Waals surface area contributed by atoms with E-state index in [0.717, 1.165) is 3.57 Å². The standard InChI is InChI=1S/C15H19IN2O3/c1-10(2)17-14(19)13-9-21-8-7-18(13)15(20)11-5-3-4-6-12(11)16/h3-6,10,13H,7-9H2,1-2H3,(H,17,19). The molecule has 1 aromatic rings. The maximum atomic E-state index is 12.7. The predicted molar refractivity (Wildman–Crippen MR) is 88.1 cm³/mol. The smallest absolute Gasteiger partial charge is 0.255 e. The van der Waals surface area contributed by atoms with Crippen LogP contribution in [-0.2, 0) is 9.53 Å². The number of ether oxygens (including phenoxy) is 1. The van der Waals surface area contributed by atoms with Crippen LogP contribution in [0, 0.1) is 3.57 Å². The third-order valence-electron chi connectivity index (χ3n) is 3.23. The van der Waals surface area contributed by atoms with Gasteiger partial charge >= 0.3 is 0 Å². The Labute approximate surface area is 138 Å². The first-order valence-electron chi connectivity index (χ1n) is 6.94. The topological polar surface area (TPSA) is 58.6 Å². The Morgan fingerprint density at radius 3 is 2.76 bits per heavy atom. The van der Waals surface area contributed by atoms with Crippen molar-refractivity contribution in [3.05, 3.63) is 33.4 Å². The Bertz CT molecular complexity index is 533. The first-order valence-corrected chi connectivity index (χ1v) is 8.02. The van der Waals surface area contributed by atoms with E-state index in [1.54, 1.807) is 11.0 Å². The van der Waals surface area contributed by atoms with Crippen LogP contribution in [0.4, 0.5) is 0 Å². The largest absolute Gasteiger partial charge is 0.377 e. The Morgan fingerprint density at radius 1 is 1.38 bits per heavy atom. The van der Waals surface area contributed by atoms with Crippen LogP contribution >= 0.6 is 22.6 Å². The number of hydrogen-bond donors (Lipinski definition) is 1. The highest BCUT2D eigenvalue weighted by Gasteiger charge is 2.34. The minimum Gasteiger partial charge on any atom is -0.377 e. The monoisotopic (exact) mass is 402 g/mol. The second-order valence-corrected chi connectivity index (χ2v) is 6.39. The van der Waals surface area contributed by atoms with Gasteiger partial charge in [0.2, 0.25) is 5.91 Å². The number of nitrogens with zero attached hydrogens (tertiary/aromatic N) is 1. The normalized spacial score (nSPS) is 18.7. The van der Waals surface area contributed by atoms with Crippen molar-refractivity contribution in [1.82, 2.24) is 10.2 Å². The van der Waals surface area contributed by atoms with Gasteiger partial charge in [-0.2, -0.15) is 0 Å². The highest BCUT2D eigenvalue weighted by molar-refractivity contribution is 14.1. The van der Waals surface area contributed by atoms with E-state index < -0.39 is 6.04 Å². The van der Waals surface area contributed by atoms with Crippen LogP contribution in [-0.4, -0.2) is 48.6 Å². The van der Waals surface area contributed by atoms with Gasteiger partial charge < -0.3 is 15.0 Å². The van der Waals surface area contributed by atoms with E-state index >= 15 is 0 Å². The highest BCUT2D eigenvalue weighted by atomic mass is 127. The van der Waals surface area contributed by atoms with Crippen LogP contribution in [0.3, 0.4) is 0 Å². The summed E-state index contributed by atoms with van der Waals surface area (Å²) >= 11 is 2.14. The Balaban J connectivity index is 2.20. The summed E-state index contributed by atoms with van der Waals surface area (Å²) in [6, 6.07) is 6.87. The maximum Gasteiger partial charge on any atom is 0.255 e. The molecule has 1 heterocycles. The first-order chi connectivity index (χ1) is 10.0. The summed E-state index contributed by atoms with van der Waals surface area (Å²) < 4.78 is 6.26. The number of amides is 2. The average molecular weight is 402 g/mol. The van der Waals surface area contributed by atoms with Gasteiger partial charge in [0.25, 0.3) is 5.91 Å². The van der Waals surface area contributed by atoms with Gasteiger partial charge in [-0.3, -0.25) is 9.59 Å². The summed E-state index contributed by atoms with van der Waals surface area (Å²) in [6.07, 6.45) is 0. The average Bonchev–Trinajstić information content (AvgIpc) is 2.46. The van der Waals surface area contributed by atoms with Gasteiger partial charge in [0.1, 0.15) is 6.04 Å². The molecule has 1 atom stereocenters. The van der Waals surface area contributed by atoms with Gasteiger partial charge in [-0.05, 0) is 48.6 Å². The molecule has 1 aromatic carbocycles. The van der Waals surface area contributed by atoms with Crippen molar-refractivity contribution in [3.63, 3.8) is 0 Å². The molecule has 0 saturated carbocycles. The molecule has 1 N–H and O–H groups in total. The summed E-state index contributed by atoms with van der Waals surface area (Å²) in [5, 5.41) is 2.85. The molecule has 21 heavy (non-hydrogen) atoms. The maximum absolute atomic E-state index is 12.7. The number of carbonyl (C=O) groups is 2. The molecular weight excluding hydrogens is 383 g/mol. The van der Waals surface area contributed by atoms with Gasteiger partial charge in [-0.25, -0.2) is 0 Å². The van der Waals surface area contributed by atoms with Crippen LogP contribution in [0.25, 0.3) is 0 Å². The van der Waals surface area contributed by atoms with E-state index in [1.807, 2.05) is 32.0 Å². The lowest BCUT2D eigenvalue weighted by atomic mass is 10.1. The fraction of sp³-hybridized carbons (Fsp3) is 0.467. The van der Waals surface area contributed by atoms with Crippen molar-refractivity contribution < 1.29 is 14.3 Å². The zero-order chi connectivity index (χ0) is 15.4. The molecule has 1 aliphatic rings. The van der Waals surface area contributed by atoms with Gasteiger partial charge in [0.05, 0.1) is 18.8 Å². The van der Waals surface area contributed by atoms with Crippen molar-refractivity contribution in [2.24, 2.45) is 0 Å². The third kappa shape index (κ3) is 3.94. The number of carbonyl (C=O) groups excluding carboxylic acids is 2. The fourth-order valence-corrected chi connectivity index (χ4v) is 2.85. The van der Waals surface area contributed by atoms with E-state index in [2.05, 4.69) is 27.9 Å². The van der Waals surface area contributed by atoms with Crippen molar-refractivity contribution in [1.29, 1.82) is 0 Å². The molecule has 6 heteroatoms. The van der Waals surface area contributed by atoms with E-state index in [4.69, 9.17) is 4.74 Å². The molecule has 1 unspecified atom stereocenters. The van der Waals surface area contributed by atoms with E-state index in [9.17, 15) is 9.59 Å². The minimum absolute atomic E-state index is 0.0354. The lowest BCUT2D eigenvalue weighted by Gasteiger charge is -2.35. The van der Waals surface area contributed by atoms with Crippen molar-refractivity contribution >= 4 is 34.4 Å². The molecular formula is C15H19IN2O3. The van der Waals surface area contributed by atoms with Crippen LogP contribution in [0.2, 0.25) is 0 Å². The SMILES string of the molecule is CC(C)NC(=O)C1COCCN1C(=O)c1ccccc1I. The number of rotatable bonds is 3. The molecule has 0 aliphatic carbocycles. The number of nitrogens with one attached hydrogen (secondary N) is 1. The molecule has 1 aliphatic heterocycles. The molecule has 2 rings (SSSR count). The summed E-state index contributed by atoms with van der Waals surface area (Å²) in [5.41, 5.74) is 0.627. The molecule has 0 spiro atoms. The summed E-state index contributed by atoms with van der Waals surface area (Å²) in [7, 11) is 0. The first kappa shape index (κ1) is 16.2. The van der Waals surface area contributed by atoms with Crippen LogP contribution in [0.15, 0.2) is 24.3 Å². The quantitative estimate of drug-likeness (QED) is 0.783. The van der Waals surface area contributed by atoms with E-state index in [0.29, 0.717) is 18.7 Å². The van der Waals surface area contributed by atoms with Crippen molar-refractivity contribution in [2.45, 2.75) is 25.9 Å². The fourth-order valence-electron chi connectivity index (χ4n) is 2.23. The Hall–Kier alpha value is -1.15. The lowest BCUT2D eigenvalue weighted by molar-refractivity contribution is -0.131. The molecule has 114 valence electrons. The van der Waals surface area contributed by atoms with Gasteiger partial charge in [-0.15, -0.1) is 0 Å². The molecule has 1 saturated heterocycles. The Kier molecular flexibility index (Phi) is 5.58. The Morgan fingerprint density at radius 2 is 2.10 bits per heavy atom. The summed E-state index contributed by atoms with van der Waals surface area (Å²) in [4.78, 5) is 26.6.